The average Bonchev–Trinajstić information content (AvgIpc) is 3.11. The van der Waals surface area contributed by atoms with Gasteiger partial charge < -0.3 is 14.5 Å². The summed E-state index contributed by atoms with van der Waals surface area (Å²) < 4.78 is 12.8. The van der Waals surface area contributed by atoms with Crippen molar-refractivity contribution in [3.8, 4) is 22.9 Å². The molecule has 0 aliphatic heterocycles. The van der Waals surface area contributed by atoms with E-state index in [2.05, 4.69) is 40.0 Å². The quantitative estimate of drug-likeness (QED) is 0.386. The molecule has 0 bridgehead atoms. The fourth-order valence-corrected chi connectivity index (χ4v) is 3.65. The lowest BCUT2D eigenvalue weighted by molar-refractivity contribution is 0.268. The third-order valence-corrected chi connectivity index (χ3v) is 5.04. The SMILES string of the molecule is CCOc1cc(-c2nc3ccc(C)cc3[nH]2)cc(Br)c1OCc1ccccc1. The molecule has 1 aromatic heterocycles. The third kappa shape index (κ3) is 3.90. The summed E-state index contributed by atoms with van der Waals surface area (Å²) in [4.78, 5) is 8.12. The van der Waals surface area contributed by atoms with Crippen molar-refractivity contribution in [2.24, 2.45) is 0 Å². The molecule has 28 heavy (non-hydrogen) atoms. The van der Waals surface area contributed by atoms with Crippen LogP contribution in [0, 0.1) is 6.92 Å². The summed E-state index contributed by atoms with van der Waals surface area (Å²) in [5.41, 5.74) is 5.21. The zero-order chi connectivity index (χ0) is 19.5. The molecule has 5 heteroatoms. The van der Waals surface area contributed by atoms with Crippen molar-refractivity contribution in [3.05, 3.63) is 76.3 Å². The van der Waals surface area contributed by atoms with Crippen LogP contribution in [0.2, 0.25) is 0 Å². The molecular weight excluding hydrogens is 416 g/mol. The van der Waals surface area contributed by atoms with E-state index >= 15 is 0 Å². The number of aromatic nitrogens is 2. The summed E-state index contributed by atoms with van der Waals surface area (Å²) >= 11 is 3.65. The normalized spacial score (nSPS) is 11.0. The molecule has 1 heterocycles. The first kappa shape index (κ1) is 18.6. The van der Waals surface area contributed by atoms with Gasteiger partial charge in [0.05, 0.1) is 22.1 Å². The predicted octanol–water partition coefficient (Wildman–Crippen LogP) is 6.28. The van der Waals surface area contributed by atoms with Gasteiger partial charge in [0.1, 0.15) is 12.4 Å². The Hall–Kier alpha value is -2.79. The standard InChI is InChI=1S/C23H21BrN2O2/c1-3-27-21-13-17(23-25-19-10-9-15(2)11-20(19)26-23)12-18(24)22(21)28-14-16-7-5-4-6-8-16/h4-13H,3,14H2,1-2H3,(H,25,26). The molecular formula is C23H21BrN2O2. The number of rotatable bonds is 6. The van der Waals surface area contributed by atoms with Crippen molar-refractivity contribution >= 4 is 27.0 Å². The maximum atomic E-state index is 6.07. The van der Waals surface area contributed by atoms with Gasteiger partial charge in [-0.15, -0.1) is 0 Å². The number of nitrogens with one attached hydrogen (secondary N) is 1. The van der Waals surface area contributed by atoms with Crippen LogP contribution in [-0.4, -0.2) is 16.6 Å². The van der Waals surface area contributed by atoms with Crippen molar-refractivity contribution < 1.29 is 9.47 Å². The second-order valence-corrected chi connectivity index (χ2v) is 7.45. The van der Waals surface area contributed by atoms with Crippen LogP contribution in [0.15, 0.2) is 65.1 Å². The molecule has 0 aliphatic carbocycles. The van der Waals surface area contributed by atoms with Crippen LogP contribution in [0.4, 0.5) is 0 Å². The molecule has 4 nitrogen and oxygen atoms in total. The Morgan fingerprint density at radius 1 is 1.00 bits per heavy atom. The van der Waals surface area contributed by atoms with Crippen LogP contribution < -0.4 is 9.47 Å². The lowest BCUT2D eigenvalue weighted by Crippen LogP contribution is -2.01. The minimum atomic E-state index is 0.475. The van der Waals surface area contributed by atoms with Gasteiger partial charge in [-0.1, -0.05) is 36.4 Å². The second-order valence-electron chi connectivity index (χ2n) is 6.60. The number of ether oxygens (including phenoxy) is 2. The Morgan fingerprint density at radius 3 is 2.61 bits per heavy atom. The van der Waals surface area contributed by atoms with Crippen LogP contribution in [0.25, 0.3) is 22.4 Å². The number of aromatic amines is 1. The highest BCUT2D eigenvalue weighted by Crippen LogP contribution is 2.40. The molecule has 0 radical (unpaired) electrons. The Kier molecular flexibility index (Phi) is 5.35. The molecule has 0 spiro atoms. The van der Waals surface area contributed by atoms with E-state index in [1.165, 1.54) is 5.56 Å². The van der Waals surface area contributed by atoms with Crippen LogP contribution in [0.3, 0.4) is 0 Å². The highest BCUT2D eigenvalue weighted by Gasteiger charge is 2.15. The molecule has 0 fully saturated rings. The fourth-order valence-electron chi connectivity index (χ4n) is 3.10. The molecule has 4 rings (SSSR count). The first-order valence-corrected chi connectivity index (χ1v) is 10.0. The van der Waals surface area contributed by atoms with Gasteiger partial charge in [0.2, 0.25) is 0 Å². The summed E-state index contributed by atoms with van der Waals surface area (Å²) in [5, 5.41) is 0. The maximum Gasteiger partial charge on any atom is 0.175 e. The van der Waals surface area contributed by atoms with Gasteiger partial charge in [-0.05, 0) is 65.2 Å². The zero-order valence-corrected chi connectivity index (χ0v) is 17.4. The van der Waals surface area contributed by atoms with Gasteiger partial charge >= 0.3 is 0 Å². The first-order valence-electron chi connectivity index (χ1n) is 9.24. The molecule has 4 aromatic rings. The van der Waals surface area contributed by atoms with Crippen molar-refractivity contribution in [1.82, 2.24) is 9.97 Å². The molecule has 3 aromatic carbocycles. The number of benzene rings is 3. The number of H-pyrrole nitrogens is 1. The molecule has 1 N–H and O–H groups in total. The van der Waals surface area contributed by atoms with Gasteiger partial charge in [0, 0.05) is 5.56 Å². The Labute approximate surface area is 172 Å². The van der Waals surface area contributed by atoms with Crippen LogP contribution in [0.1, 0.15) is 18.1 Å². The van der Waals surface area contributed by atoms with E-state index < -0.39 is 0 Å². The van der Waals surface area contributed by atoms with Gasteiger partial charge in [0.15, 0.2) is 11.5 Å². The molecule has 0 saturated heterocycles. The fraction of sp³-hybridized carbons (Fsp3) is 0.174. The number of aryl methyl sites for hydroxylation is 1. The molecule has 0 aliphatic rings. The van der Waals surface area contributed by atoms with E-state index in [4.69, 9.17) is 14.5 Å². The Bertz CT molecular complexity index is 1110. The molecule has 0 saturated carbocycles. The van der Waals surface area contributed by atoms with Crippen molar-refractivity contribution in [1.29, 1.82) is 0 Å². The molecule has 0 unspecified atom stereocenters. The van der Waals surface area contributed by atoms with Gasteiger partial charge in [-0.25, -0.2) is 4.98 Å². The number of hydrogen-bond acceptors (Lipinski definition) is 3. The highest BCUT2D eigenvalue weighted by atomic mass is 79.9. The van der Waals surface area contributed by atoms with Gasteiger partial charge in [0.25, 0.3) is 0 Å². The highest BCUT2D eigenvalue weighted by molar-refractivity contribution is 9.10. The summed E-state index contributed by atoms with van der Waals surface area (Å²) in [6.07, 6.45) is 0. The van der Waals surface area contributed by atoms with Crippen molar-refractivity contribution in [2.45, 2.75) is 20.5 Å². The molecule has 142 valence electrons. The smallest absolute Gasteiger partial charge is 0.175 e. The molecule has 0 atom stereocenters. The summed E-state index contributed by atoms with van der Waals surface area (Å²) in [7, 11) is 0. The molecule has 0 amide bonds. The summed E-state index contributed by atoms with van der Waals surface area (Å²) in [6, 6.07) is 20.3. The van der Waals surface area contributed by atoms with E-state index in [0.29, 0.717) is 24.7 Å². The largest absolute Gasteiger partial charge is 0.490 e. The van der Waals surface area contributed by atoms with Gasteiger partial charge in [-0.2, -0.15) is 0 Å². The van der Waals surface area contributed by atoms with Crippen LogP contribution in [-0.2, 0) is 6.61 Å². The Balaban J connectivity index is 1.69. The number of fused-ring (bicyclic) bond motifs is 1. The van der Waals surface area contributed by atoms with E-state index in [-0.39, 0.29) is 0 Å². The van der Waals surface area contributed by atoms with E-state index in [0.717, 1.165) is 32.5 Å². The maximum absolute atomic E-state index is 6.07. The van der Waals surface area contributed by atoms with Crippen LogP contribution >= 0.6 is 15.9 Å². The summed E-state index contributed by atoms with van der Waals surface area (Å²) in [5.74, 6) is 2.19. The number of nitrogens with zero attached hydrogens (tertiary/aromatic N) is 1. The van der Waals surface area contributed by atoms with E-state index in [9.17, 15) is 0 Å². The van der Waals surface area contributed by atoms with Gasteiger partial charge in [-0.3, -0.25) is 0 Å². The van der Waals surface area contributed by atoms with Crippen molar-refractivity contribution in [2.75, 3.05) is 6.61 Å². The monoisotopic (exact) mass is 436 g/mol. The average molecular weight is 437 g/mol. The second kappa shape index (κ2) is 8.07. The van der Waals surface area contributed by atoms with E-state index in [1.54, 1.807) is 0 Å². The lowest BCUT2D eigenvalue weighted by atomic mass is 10.2. The zero-order valence-electron chi connectivity index (χ0n) is 15.8. The minimum absolute atomic E-state index is 0.475. The first-order chi connectivity index (χ1) is 13.6. The van der Waals surface area contributed by atoms with Crippen molar-refractivity contribution in [3.63, 3.8) is 0 Å². The number of halogens is 1. The minimum Gasteiger partial charge on any atom is -0.490 e. The predicted molar refractivity (Wildman–Crippen MR) is 116 cm³/mol. The van der Waals surface area contributed by atoms with Crippen LogP contribution in [0.5, 0.6) is 11.5 Å². The van der Waals surface area contributed by atoms with E-state index in [1.807, 2.05) is 55.5 Å². The number of imidazole rings is 1. The lowest BCUT2D eigenvalue weighted by Gasteiger charge is -2.15. The number of hydrogen-bond donors (Lipinski definition) is 1. The third-order valence-electron chi connectivity index (χ3n) is 4.45. The Morgan fingerprint density at radius 2 is 1.82 bits per heavy atom. The topological polar surface area (TPSA) is 47.1 Å². The summed E-state index contributed by atoms with van der Waals surface area (Å²) in [6.45, 7) is 5.06.